The van der Waals surface area contributed by atoms with E-state index in [-0.39, 0.29) is 6.04 Å². The Hall–Kier alpha value is -0.830. The fourth-order valence-electron chi connectivity index (χ4n) is 4.13. The third-order valence-electron chi connectivity index (χ3n) is 5.12. The van der Waals surface area contributed by atoms with Crippen molar-refractivity contribution in [2.24, 2.45) is 23.5 Å². The number of nitrogens with zero attached hydrogens (tertiary/aromatic N) is 2. The molecule has 1 heterocycles. The van der Waals surface area contributed by atoms with Crippen molar-refractivity contribution in [1.29, 1.82) is 0 Å². The Bertz CT molecular complexity index is 423. The molecule has 3 heteroatoms. The van der Waals surface area contributed by atoms with Gasteiger partial charge in [0.15, 0.2) is 0 Å². The van der Waals surface area contributed by atoms with Crippen LogP contribution < -0.4 is 5.73 Å². The largest absolute Gasteiger partial charge is 0.322 e. The van der Waals surface area contributed by atoms with Crippen molar-refractivity contribution in [3.05, 3.63) is 17.5 Å². The molecule has 3 rings (SSSR count). The fourth-order valence-corrected chi connectivity index (χ4v) is 4.13. The first-order chi connectivity index (χ1) is 8.72. The molecule has 4 unspecified atom stereocenters. The minimum absolute atomic E-state index is 0.202. The van der Waals surface area contributed by atoms with E-state index in [1.807, 2.05) is 0 Å². The number of aryl methyl sites for hydroxylation is 2. The average Bonchev–Trinajstić information content (AvgIpc) is 3.11. The molecule has 3 nitrogen and oxygen atoms in total. The fraction of sp³-hybridized carbons (Fsp3) is 0.800. The lowest BCUT2D eigenvalue weighted by Crippen LogP contribution is -2.28. The molecule has 2 N–H and O–H groups in total. The van der Waals surface area contributed by atoms with Crippen LogP contribution in [0.2, 0.25) is 0 Å². The lowest BCUT2D eigenvalue weighted by atomic mass is 9.82. The molecule has 4 atom stereocenters. The standard InChI is InChI=1S/C15H25N3/c1-3-12-9-14(18(4-2)17-12)15(16)13-8-10-5-6-11(13)7-10/h9-11,13,15H,3-8,16H2,1-2H3. The Kier molecular flexibility index (Phi) is 3.18. The van der Waals surface area contributed by atoms with Crippen LogP contribution in [-0.4, -0.2) is 9.78 Å². The zero-order valence-corrected chi connectivity index (χ0v) is 11.6. The molecule has 2 saturated carbocycles. The normalized spacial score (nSPS) is 32.1. The van der Waals surface area contributed by atoms with E-state index in [9.17, 15) is 0 Å². The highest BCUT2D eigenvalue weighted by Gasteiger charge is 2.43. The lowest BCUT2D eigenvalue weighted by Gasteiger charge is -2.28. The summed E-state index contributed by atoms with van der Waals surface area (Å²) in [7, 11) is 0. The van der Waals surface area contributed by atoms with Gasteiger partial charge in [-0.2, -0.15) is 5.10 Å². The molecule has 1 aromatic heterocycles. The van der Waals surface area contributed by atoms with Gasteiger partial charge < -0.3 is 5.73 Å². The third kappa shape index (κ3) is 1.89. The van der Waals surface area contributed by atoms with Gasteiger partial charge in [0.05, 0.1) is 11.4 Å². The predicted molar refractivity (Wildman–Crippen MR) is 73.1 cm³/mol. The molecule has 0 aromatic carbocycles. The second-order valence-electron chi connectivity index (χ2n) is 6.09. The van der Waals surface area contributed by atoms with E-state index in [0.717, 1.165) is 24.8 Å². The Labute approximate surface area is 110 Å². The summed E-state index contributed by atoms with van der Waals surface area (Å²) in [5.74, 6) is 2.56. The SMILES string of the molecule is CCc1cc(C(N)C2CC3CCC2C3)n(CC)n1. The first-order valence-electron chi connectivity index (χ1n) is 7.55. The van der Waals surface area contributed by atoms with E-state index in [1.54, 1.807) is 0 Å². The van der Waals surface area contributed by atoms with Crippen molar-refractivity contribution < 1.29 is 0 Å². The van der Waals surface area contributed by atoms with E-state index < -0.39 is 0 Å². The van der Waals surface area contributed by atoms with E-state index in [4.69, 9.17) is 5.73 Å². The van der Waals surface area contributed by atoms with Crippen LogP contribution in [-0.2, 0) is 13.0 Å². The summed E-state index contributed by atoms with van der Waals surface area (Å²) in [5, 5.41) is 4.64. The maximum Gasteiger partial charge on any atom is 0.0625 e. The molecular weight excluding hydrogens is 222 g/mol. The second kappa shape index (κ2) is 4.69. The molecule has 100 valence electrons. The molecule has 0 saturated heterocycles. The van der Waals surface area contributed by atoms with Crippen LogP contribution >= 0.6 is 0 Å². The van der Waals surface area contributed by atoms with Gasteiger partial charge in [-0.15, -0.1) is 0 Å². The molecule has 1 aromatic rings. The zero-order valence-electron chi connectivity index (χ0n) is 11.6. The molecule has 18 heavy (non-hydrogen) atoms. The molecule has 0 radical (unpaired) electrons. The molecular formula is C15H25N3. The minimum atomic E-state index is 0.202. The number of hydrogen-bond donors (Lipinski definition) is 1. The van der Waals surface area contributed by atoms with Crippen molar-refractivity contribution in [2.75, 3.05) is 0 Å². The number of aromatic nitrogens is 2. The summed E-state index contributed by atoms with van der Waals surface area (Å²) in [4.78, 5) is 0. The van der Waals surface area contributed by atoms with Gasteiger partial charge in [-0.3, -0.25) is 4.68 Å². The summed E-state index contributed by atoms with van der Waals surface area (Å²) in [6.45, 7) is 5.25. The first-order valence-corrected chi connectivity index (χ1v) is 7.55. The highest BCUT2D eigenvalue weighted by molar-refractivity contribution is 5.16. The summed E-state index contributed by atoms with van der Waals surface area (Å²) < 4.78 is 2.12. The predicted octanol–water partition coefficient (Wildman–Crippen LogP) is 2.90. The molecule has 2 aliphatic rings. The van der Waals surface area contributed by atoms with E-state index in [0.29, 0.717) is 5.92 Å². The smallest absolute Gasteiger partial charge is 0.0625 e. The van der Waals surface area contributed by atoms with Gasteiger partial charge in [-0.1, -0.05) is 13.3 Å². The summed E-state index contributed by atoms with van der Waals surface area (Å²) in [5.41, 5.74) is 9.03. The van der Waals surface area contributed by atoms with E-state index in [1.165, 1.54) is 37.1 Å². The number of nitrogens with two attached hydrogens (primary N) is 1. The maximum absolute atomic E-state index is 6.57. The maximum atomic E-state index is 6.57. The van der Waals surface area contributed by atoms with Crippen molar-refractivity contribution in [2.45, 2.75) is 58.5 Å². The third-order valence-corrected chi connectivity index (χ3v) is 5.12. The van der Waals surface area contributed by atoms with Crippen LogP contribution in [0.1, 0.15) is 57.0 Å². The Morgan fingerprint density at radius 3 is 2.78 bits per heavy atom. The van der Waals surface area contributed by atoms with Crippen molar-refractivity contribution >= 4 is 0 Å². The van der Waals surface area contributed by atoms with Crippen molar-refractivity contribution in [1.82, 2.24) is 9.78 Å². The summed E-state index contributed by atoms with van der Waals surface area (Å²) in [6, 6.07) is 2.44. The Morgan fingerprint density at radius 1 is 1.39 bits per heavy atom. The second-order valence-corrected chi connectivity index (χ2v) is 6.09. The minimum Gasteiger partial charge on any atom is -0.322 e. The van der Waals surface area contributed by atoms with Gasteiger partial charge in [-0.05, 0) is 56.4 Å². The van der Waals surface area contributed by atoms with Crippen LogP contribution in [0.3, 0.4) is 0 Å². The Balaban J connectivity index is 1.83. The van der Waals surface area contributed by atoms with Crippen LogP contribution in [0, 0.1) is 17.8 Å². The zero-order chi connectivity index (χ0) is 12.7. The highest BCUT2D eigenvalue weighted by atomic mass is 15.3. The molecule has 2 aliphatic carbocycles. The summed E-state index contributed by atoms with van der Waals surface area (Å²) >= 11 is 0. The Morgan fingerprint density at radius 2 is 2.22 bits per heavy atom. The van der Waals surface area contributed by atoms with Crippen molar-refractivity contribution in [3.63, 3.8) is 0 Å². The lowest BCUT2D eigenvalue weighted by molar-refractivity contribution is 0.275. The van der Waals surface area contributed by atoms with Crippen LogP contribution in [0.4, 0.5) is 0 Å². The average molecular weight is 247 g/mol. The van der Waals surface area contributed by atoms with Gasteiger partial charge in [0, 0.05) is 12.6 Å². The van der Waals surface area contributed by atoms with Gasteiger partial charge in [0.2, 0.25) is 0 Å². The quantitative estimate of drug-likeness (QED) is 0.889. The van der Waals surface area contributed by atoms with E-state index in [2.05, 4.69) is 29.7 Å². The van der Waals surface area contributed by atoms with Gasteiger partial charge in [0.25, 0.3) is 0 Å². The highest BCUT2D eigenvalue weighted by Crippen LogP contribution is 2.51. The van der Waals surface area contributed by atoms with Gasteiger partial charge in [0.1, 0.15) is 0 Å². The monoisotopic (exact) mass is 247 g/mol. The molecule has 2 bridgehead atoms. The van der Waals surface area contributed by atoms with Gasteiger partial charge in [-0.25, -0.2) is 0 Å². The molecule has 0 spiro atoms. The van der Waals surface area contributed by atoms with Crippen LogP contribution in [0.15, 0.2) is 6.07 Å². The topological polar surface area (TPSA) is 43.8 Å². The van der Waals surface area contributed by atoms with Crippen LogP contribution in [0.25, 0.3) is 0 Å². The molecule has 0 amide bonds. The van der Waals surface area contributed by atoms with Crippen LogP contribution in [0.5, 0.6) is 0 Å². The summed E-state index contributed by atoms with van der Waals surface area (Å²) in [6.07, 6.45) is 6.63. The number of rotatable bonds is 4. The number of fused-ring (bicyclic) bond motifs is 2. The van der Waals surface area contributed by atoms with Crippen molar-refractivity contribution in [3.8, 4) is 0 Å². The van der Waals surface area contributed by atoms with E-state index >= 15 is 0 Å². The molecule has 0 aliphatic heterocycles. The molecule has 2 fully saturated rings. The first kappa shape index (κ1) is 12.2. The number of hydrogen-bond acceptors (Lipinski definition) is 2. The van der Waals surface area contributed by atoms with Gasteiger partial charge >= 0.3 is 0 Å².